The van der Waals surface area contributed by atoms with Gasteiger partial charge in [0.1, 0.15) is 11.5 Å². The molecule has 3 aromatic rings. The normalized spacial score (nSPS) is 11.6. The molecule has 6 heteroatoms. The van der Waals surface area contributed by atoms with Gasteiger partial charge in [-0.1, -0.05) is 56.3 Å². The fourth-order valence-corrected chi connectivity index (χ4v) is 2.65. The minimum Gasteiger partial charge on any atom is -0.356 e. The van der Waals surface area contributed by atoms with Crippen LogP contribution in [-0.4, -0.2) is 14.5 Å². The highest BCUT2D eigenvalue weighted by Crippen LogP contribution is 2.24. The quantitative estimate of drug-likeness (QED) is 0.785. The lowest BCUT2D eigenvalue weighted by atomic mass is 9.96. The highest BCUT2D eigenvalue weighted by molar-refractivity contribution is 7.09. The fraction of sp³-hybridized carbons (Fsp3) is 0.312. The fourth-order valence-electron chi connectivity index (χ4n) is 1.90. The maximum atomic E-state index is 5.38. The van der Waals surface area contributed by atoms with Gasteiger partial charge >= 0.3 is 0 Å². The second kappa shape index (κ2) is 5.88. The topological polar surface area (TPSA) is 63.8 Å². The molecule has 0 bridgehead atoms. The Bertz CT molecular complexity index is 743. The van der Waals surface area contributed by atoms with Crippen molar-refractivity contribution in [2.75, 3.05) is 5.32 Å². The molecule has 0 saturated carbocycles. The molecule has 0 atom stereocenters. The zero-order chi connectivity index (χ0) is 15.6. The Kier molecular flexibility index (Phi) is 3.94. The van der Waals surface area contributed by atoms with Crippen molar-refractivity contribution in [3.05, 3.63) is 47.9 Å². The lowest BCUT2D eigenvalue weighted by Crippen LogP contribution is -2.13. The third-order valence-electron chi connectivity index (χ3n) is 3.13. The highest BCUT2D eigenvalue weighted by Gasteiger charge is 2.19. The van der Waals surface area contributed by atoms with E-state index < -0.39 is 0 Å². The number of nitrogens with zero attached hydrogens (tertiary/aromatic N) is 3. The Morgan fingerprint density at radius 3 is 2.64 bits per heavy atom. The van der Waals surface area contributed by atoms with Crippen molar-refractivity contribution >= 4 is 16.7 Å². The molecule has 5 nitrogen and oxygen atoms in total. The first-order chi connectivity index (χ1) is 10.5. The number of anilines is 1. The van der Waals surface area contributed by atoms with E-state index in [0.29, 0.717) is 6.54 Å². The summed E-state index contributed by atoms with van der Waals surface area (Å²) in [4.78, 5) is 4.50. The standard InChI is InChI=1S/C16H18N4OS/c1-16(2,3)14-18-15(22-20-14)17-10-12-9-13(21-19-12)11-7-5-4-6-8-11/h4-9H,10H2,1-3H3,(H,17,18,20). The molecule has 0 spiro atoms. The van der Waals surface area contributed by atoms with E-state index in [-0.39, 0.29) is 5.41 Å². The van der Waals surface area contributed by atoms with E-state index in [9.17, 15) is 0 Å². The van der Waals surface area contributed by atoms with Gasteiger partial charge in [0.2, 0.25) is 5.13 Å². The SMILES string of the molecule is CC(C)(C)c1nsc(NCc2cc(-c3ccccc3)on2)n1. The molecule has 3 rings (SSSR count). The van der Waals surface area contributed by atoms with Gasteiger partial charge in [0.25, 0.3) is 0 Å². The molecular weight excluding hydrogens is 296 g/mol. The van der Waals surface area contributed by atoms with Crippen LogP contribution >= 0.6 is 11.5 Å². The minimum atomic E-state index is -0.0369. The zero-order valence-electron chi connectivity index (χ0n) is 12.8. The molecule has 0 amide bonds. The molecule has 1 N–H and O–H groups in total. The Morgan fingerprint density at radius 1 is 1.18 bits per heavy atom. The summed E-state index contributed by atoms with van der Waals surface area (Å²) in [6.07, 6.45) is 0. The summed E-state index contributed by atoms with van der Waals surface area (Å²) in [6.45, 7) is 6.86. The van der Waals surface area contributed by atoms with Gasteiger partial charge < -0.3 is 9.84 Å². The van der Waals surface area contributed by atoms with Gasteiger partial charge in [-0.2, -0.15) is 4.37 Å². The molecule has 0 aliphatic heterocycles. The number of aromatic nitrogens is 3. The summed E-state index contributed by atoms with van der Waals surface area (Å²) in [6, 6.07) is 11.9. The third kappa shape index (κ3) is 3.33. The Balaban J connectivity index is 1.65. The molecular formula is C16H18N4OS. The number of hydrogen-bond donors (Lipinski definition) is 1. The molecule has 2 aromatic heterocycles. The second-order valence-electron chi connectivity index (χ2n) is 6.08. The van der Waals surface area contributed by atoms with E-state index in [4.69, 9.17) is 4.52 Å². The lowest BCUT2D eigenvalue weighted by Gasteiger charge is -2.12. The van der Waals surface area contributed by atoms with E-state index in [2.05, 4.69) is 40.6 Å². The van der Waals surface area contributed by atoms with E-state index in [1.165, 1.54) is 11.5 Å². The van der Waals surface area contributed by atoms with Crippen molar-refractivity contribution in [1.29, 1.82) is 0 Å². The monoisotopic (exact) mass is 314 g/mol. The molecule has 0 radical (unpaired) electrons. The van der Waals surface area contributed by atoms with Gasteiger partial charge in [-0.05, 0) is 0 Å². The summed E-state index contributed by atoms with van der Waals surface area (Å²) >= 11 is 1.37. The van der Waals surface area contributed by atoms with Crippen LogP contribution in [-0.2, 0) is 12.0 Å². The van der Waals surface area contributed by atoms with Crippen LogP contribution in [0.1, 0.15) is 32.3 Å². The van der Waals surface area contributed by atoms with Crippen LogP contribution in [0.5, 0.6) is 0 Å². The van der Waals surface area contributed by atoms with E-state index in [0.717, 1.165) is 28.0 Å². The molecule has 0 fully saturated rings. The van der Waals surface area contributed by atoms with Crippen molar-refractivity contribution in [2.24, 2.45) is 0 Å². The number of hydrogen-bond acceptors (Lipinski definition) is 6. The number of benzene rings is 1. The predicted molar refractivity (Wildman–Crippen MR) is 87.9 cm³/mol. The number of nitrogens with one attached hydrogen (secondary N) is 1. The van der Waals surface area contributed by atoms with Gasteiger partial charge in [0, 0.05) is 28.6 Å². The van der Waals surface area contributed by atoms with Crippen LogP contribution in [0, 0.1) is 0 Å². The van der Waals surface area contributed by atoms with Crippen molar-refractivity contribution in [3.8, 4) is 11.3 Å². The smallest absolute Gasteiger partial charge is 0.202 e. The van der Waals surface area contributed by atoms with Crippen LogP contribution < -0.4 is 5.32 Å². The average Bonchev–Trinajstić information content (AvgIpc) is 3.15. The molecule has 0 unspecified atom stereocenters. The van der Waals surface area contributed by atoms with Gasteiger partial charge in [-0.3, -0.25) is 0 Å². The third-order valence-corrected chi connectivity index (χ3v) is 3.81. The summed E-state index contributed by atoms with van der Waals surface area (Å²) < 4.78 is 9.75. The molecule has 22 heavy (non-hydrogen) atoms. The maximum Gasteiger partial charge on any atom is 0.202 e. The Labute approximate surface area is 133 Å². The molecule has 0 aliphatic rings. The summed E-state index contributed by atoms with van der Waals surface area (Å²) in [5, 5.41) is 8.12. The van der Waals surface area contributed by atoms with Gasteiger partial charge in [0.15, 0.2) is 5.76 Å². The minimum absolute atomic E-state index is 0.0369. The molecule has 114 valence electrons. The first kappa shape index (κ1) is 14.7. The predicted octanol–water partition coefficient (Wildman–Crippen LogP) is 4.10. The van der Waals surface area contributed by atoms with Crippen LogP contribution in [0.3, 0.4) is 0 Å². The molecule has 1 aromatic carbocycles. The van der Waals surface area contributed by atoms with Gasteiger partial charge in [0.05, 0.1) is 6.54 Å². The van der Waals surface area contributed by atoms with Crippen molar-refractivity contribution in [3.63, 3.8) is 0 Å². The highest BCUT2D eigenvalue weighted by atomic mass is 32.1. The van der Waals surface area contributed by atoms with Crippen LogP contribution in [0.15, 0.2) is 40.9 Å². The maximum absolute atomic E-state index is 5.38. The molecule has 2 heterocycles. The zero-order valence-corrected chi connectivity index (χ0v) is 13.6. The summed E-state index contributed by atoms with van der Waals surface area (Å²) in [5.41, 5.74) is 1.82. The van der Waals surface area contributed by atoms with E-state index in [1.807, 2.05) is 36.4 Å². The van der Waals surface area contributed by atoms with Crippen LogP contribution in [0.4, 0.5) is 5.13 Å². The summed E-state index contributed by atoms with van der Waals surface area (Å²) in [5.74, 6) is 1.62. The number of rotatable bonds is 4. The van der Waals surface area contributed by atoms with Gasteiger partial charge in [-0.15, -0.1) is 0 Å². The van der Waals surface area contributed by atoms with Crippen molar-refractivity contribution in [1.82, 2.24) is 14.5 Å². The van der Waals surface area contributed by atoms with Crippen LogP contribution in [0.25, 0.3) is 11.3 Å². The molecule has 0 aliphatic carbocycles. The second-order valence-corrected chi connectivity index (χ2v) is 6.83. The average molecular weight is 314 g/mol. The first-order valence-electron chi connectivity index (χ1n) is 7.11. The summed E-state index contributed by atoms with van der Waals surface area (Å²) in [7, 11) is 0. The first-order valence-corrected chi connectivity index (χ1v) is 7.89. The van der Waals surface area contributed by atoms with Crippen LogP contribution in [0.2, 0.25) is 0 Å². The lowest BCUT2D eigenvalue weighted by molar-refractivity contribution is 0.424. The van der Waals surface area contributed by atoms with Crippen molar-refractivity contribution in [2.45, 2.75) is 32.7 Å². The Hall–Kier alpha value is -2.21. The van der Waals surface area contributed by atoms with E-state index in [1.54, 1.807) is 0 Å². The largest absolute Gasteiger partial charge is 0.356 e. The van der Waals surface area contributed by atoms with E-state index >= 15 is 0 Å². The van der Waals surface area contributed by atoms with Crippen molar-refractivity contribution < 1.29 is 4.52 Å². The molecule has 0 saturated heterocycles. The van der Waals surface area contributed by atoms with Gasteiger partial charge in [-0.25, -0.2) is 4.98 Å². The Morgan fingerprint density at radius 2 is 1.95 bits per heavy atom.